The molecule has 0 radical (unpaired) electrons. The van der Waals surface area contributed by atoms with Crippen molar-refractivity contribution in [3.05, 3.63) is 35.0 Å². The Balaban J connectivity index is 1.52. The molecule has 2 aromatic heterocycles. The van der Waals surface area contributed by atoms with Crippen molar-refractivity contribution in [2.75, 3.05) is 25.5 Å². The Hall–Kier alpha value is -2.48. The SMILES string of the molecule is COC(=O)C1CCN(C(=O)Cc2csc(Nc3cccc(C)n3)n2)CC1. The molecule has 7 nitrogen and oxygen atoms in total. The first-order valence-corrected chi connectivity index (χ1v) is 9.44. The fourth-order valence-corrected chi connectivity index (χ4v) is 3.68. The van der Waals surface area contributed by atoms with Gasteiger partial charge in [-0.2, -0.15) is 0 Å². The molecule has 1 aliphatic heterocycles. The number of nitrogens with one attached hydrogen (secondary N) is 1. The van der Waals surface area contributed by atoms with E-state index in [4.69, 9.17) is 4.74 Å². The molecular weight excluding hydrogens is 352 g/mol. The van der Waals surface area contributed by atoms with Crippen molar-refractivity contribution in [3.63, 3.8) is 0 Å². The molecule has 8 heteroatoms. The van der Waals surface area contributed by atoms with Gasteiger partial charge in [0, 0.05) is 24.2 Å². The van der Waals surface area contributed by atoms with E-state index in [1.54, 1.807) is 4.90 Å². The van der Waals surface area contributed by atoms with E-state index < -0.39 is 0 Å². The largest absolute Gasteiger partial charge is 0.469 e. The molecule has 0 atom stereocenters. The standard InChI is InChI=1S/C18H22N4O3S/c1-12-4-3-5-15(19-12)21-18-20-14(11-26-18)10-16(23)22-8-6-13(7-9-22)17(24)25-2/h3-5,11,13H,6-10H2,1-2H3,(H,19,20,21). The number of anilines is 2. The molecule has 26 heavy (non-hydrogen) atoms. The number of likely N-dealkylation sites (tertiary alicyclic amines) is 1. The number of carbonyl (C=O) groups excluding carboxylic acids is 2. The van der Waals surface area contributed by atoms with Crippen molar-refractivity contribution in [3.8, 4) is 0 Å². The number of nitrogens with zero attached hydrogens (tertiary/aromatic N) is 3. The van der Waals surface area contributed by atoms with E-state index in [1.807, 2.05) is 30.5 Å². The summed E-state index contributed by atoms with van der Waals surface area (Å²) in [5.41, 5.74) is 1.67. The number of esters is 1. The molecule has 3 rings (SSSR count). The summed E-state index contributed by atoms with van der Waals surface area (Å²) < 4.78 is 4.78. The van der Waals surface area contributed by atoms with Gasteiger partial charge in [0.2, 0.25) is 5.91 Å². The van der Waals surface area contributed by atoms with E-state index in [1.165, 1.54) is 18.4 Å². The molecule has 0 aromatic carbocycles. The number of rotatable bonds is 5. The van der Waals surface area contributed by atoms with E-state index in [9.17, 15) is 9.59 Å². The van der Waals surface area contributed by atoms with Gasteiger partial charge in [0.05, 0.1) is 25.1 Å². The second-order valence-electron chi connectivity index (χ2n) is 6.29. The van der Waals surface area contributed by atoms with Gasteiger partial charge in [0.25, 0.3) is 0 Å². The van der Waals surface area contributed by atoms with Gasteiger partial charge in [-0.15, -0.1) is 11.3 Å². The lowest BCUT2D eigenvalue weighted by Gasteiger charge is -2.30. The zero-order valence-electron chi connectivity index (χ0n) is 14.9. The number of thiazole rings is 1. The highest BCUT2D eigenvalue weighted by Crippen LogP contribution is 2.22. The maximum Gasteiger partial charge on any atom is 0.308 e. The number of aryl methyl sites for hydroxylation is 1. The third-order valence-corrected chi connectivity index (χ3v) is 5.20. The quantitative estimate of drug-likeness (QED) is 0.810. The third kappa shape index (κ3) is 4.57. The average molecular weight is 374 g/mol. The Morgan fingerprint density at radius 1 is 1.31 bits per heavy atom. The molecule has 1 N–H and O–H groups in total. The van der Waals surface area contributed by atoms with Gasteiger partial charge >= 0.3 is 5.97 Å². The molecule has 2 aromatic rings. The molecule has 0 bridgehead atoms. The summed E-state index contributed by atoms with van der Waals surface area (Å²) >= 11 is 1.45. The van der Waals surface area contributed by atoms with Crippen molar-refractivity contribution in [1.82, 2.24) is 14.9 Å². The first-order valence-electron chi connectivity index (χ1n) is 8.56. The molecule has 1 aliphatic rings. The first-order chi connectivity index (χ1) is 12.5. The van der Waals surface area contributed by atoms with Crippen molar-refractivity contribution < 1.29 is 14.3 Å². The Bertz CT molecular complexity index is 784. The van der Waals surface area contributed by atoms with Crippen LogP contribution in [0, 0.1) is 12.8 Å². The minimum absolute atomic E-state index is 0.0406. The molecular formula is C18H22N4O3S. The zero-order valence-corrected chi connectivity index (χ0v) is 15.7. The maximum absolute atomic E-state index is 12.5. The molecule has 138 valence electrons. The molecule has 1 amide bonds. The Morgan fingerprint density at radius 2 is 2.08 bits per heavy atom. The second-order valence-corrected chi connectivity index (χ2v) is 7.15. The molecule has 0 spiro atoms. The van der Waals surface area contributed by atoms with E-state index in [2.05, 4.69) is 15.3 Å². The van der Waals surface area contributed by atoms with Crippen LogP contribution in [0.1, 0.15) is 24.2 Å². The van der Waals surface area contributed by atoms with Crippen LogP contribution in [0.25, 0.3) is 0 Å². The fraction of sp³-hybridized carbons (Fsp3) is 0.444. The monoisotopic (exact) mass is 374 g/mol. The molecule has 0 aliphatic carbocycles. The minimum Gasteiger partial charge on any atom is -0.469 e. The van der Waals surface area contributed by atoms with Crippen molar-refractivity contribution in [1.29, 1.82) is 0 Å². The van der Waals surface area contributed by atoms with Gasteiger partial charge < -0.3 is 15.0 Å². The summed E-state index contributed by atoms with van der Waals surface area (Å²) in [6.45, 7) is 3.10. The van der Waals surface area contributed by atoms with E-state index in [0.717, 1.165) is 22.3 Å². The lowest BCUT2D eigenvalue weighted by Crippen LogP contribution is -2.41. The van der Waals surface area contributed by atoms with Gasteiger partial charge in [0.1, 0.15) is 5.82 Å². The van der Waals surface area contributed by atoms with Crippen LogP contribution in [-0.2, 0) is 20.7 Å². The van der Waals surface area contributed by atoms with Crippen LogP contribution >= 0.6 is 11.3 Å². The van der Waals surface area contributed by atoms with Crippen molar-refractivity contribution in [2.45, 2.75) is 26.2 Å². The van der Waals surface area contributed by atoms with E-state index in [-0.39, 0.29) is 24.2 Å². The van der Waals surface area contributed by atoms with Crippen molar-refractivity contribution in [2.24, 2.45) is 5.92 Å². The minimum atomic E-state index is -0.183. The summed E-state index contributed by atoms with van der Waals surface area (Å²) in [5.74, 6) is 0.499. The average Bonchev–Trinajstić information content (AvgIpc) is 3.08. The lowest BCUT2D eigenvalue weighted by atomic mass is 9.97. The smallest absolute Gasteiger partial charge is 0.308 e. The third-order valence-electron chi connectivity index (χ3n) is 4.39. The highest BCUT2D eigenvalue weighted by Gasteiger charge is 2.28. The Kier molecular flexibility index (Phi) is 5.82. The molecule has 1 saturated heterocycles. The summed E-state index contributed by atoms with van der Waals surface area (Å²) in [5, 5.41) is 5.77. The number of piperidine rings is 1. The van der Waals surface area contributed by atoms with Crippen LogP contribution in [0.4, 0.5) is 10.9 Å². The predicted octanol–water partition coefficient (Wildman–Crippen LogP) is 2.54. The number of hydrogen-bond donors (Lipinski definition) is 1. The normalized spacial score (nSPS) is 14.9. The number of methoxy groups -OCH3 is 1. The molecule has 0 unspecified atom stereocenters. The lowest BCUT2D eigenvalue weighted by molar-refractivity contribution is -0.148. The number of amides is 1. The number of carbonyl (C=O) groups is 2. The van der Waals surface area contributed by atoms with Gasteiger partial charge in [-0.05, 0) is 31.9 Å². The Labute approximate surface area is 156 Å². The number of pyridine rings is 1. The van der Waals surface area contributed by atoms with Gasteiger partial charge in [-0.1, -0.05) is 6.07 Å². The van der Waals surface area contributed by atoms with Gasteiger partial charge in [-0.25, -0.2) is 9.97 Å². The summed E-state index contributed by atoms with van der Waals surface area (Å²) in [7, 11) is 1.40. The zero-order chi connectivity index (χ0) is 18.5. The number of aromatic nitrogens is 2. The van der Waals surface area contributed by atoms with Crippen LogP contribution in [0.3, 0.4) is 0 Å². The van der Waals surface area contributed by atoms with E-state index in [0.29, 0.717) is 25.9 Å². The molecule has 1 fully saturated rings. The highest BCUT2D eigenvalue weighted by molar-refractivity contribution is 7.13. The highest BCUT2D eigenvalue weighted by atomic mass is 32.1. The van der Waals surface area contributed by atoms with Gasteiger partial charge in [-0.3, -0.25) is 9.59 Å². The molecule has 3 heterocycles. The maximum atomic E-state index is 12.5. The van der Waals surface area contributed by atoms with Crippen LogP contribution in [0.15, 0.2) is 23.6 Å². The van der Waals surface area contributed by atoms with Crippen LogP contribution in [-0.4, -0.2) is 46.9 Å². The van der Waals surface area contributed by atoms with E-state index >= 15 is 0 Å². The topological polar surface area (TPSA) is 84.4 Å². The predicted molar refractivity (Wildman–Crippen MR) is 99.4 cm³/mol. The Morgan fingerprint density at radius 3 is 2.77 bits per heavy atom. The molecule has 0 saturated carbocycles. The fourth-order valence-electron chi connectivity index (χ4n) is 2.97. The summed E-state index contributed by atoms with van der Waals surface area (Å²) in [4.78, 5) is 34.7. The van der Waals surface area contributed by atoms with Crippen LogP contribution in [0.5, 0.6) is 0 Å². The first kappa shape index (κ1) is 18.3. The number of hydrogen-bond acceptors (Lipinski definition) is 7. The van der Waals surface area contributed by atoms with Crippen LogP contribution in [0.2, 0.25) is 0 Å². The number of ether oxygens (including phenoxy) is 1. The summed E-state index contributed by atoms with van der Waals surface area (Å²) in [6, 6.07) is 5.74. The second kappa shape index (κ2) is 8.27. The summed E-state index contributed by atoms with van der Waals surface area (Å²) in [6.07, 6.45) is 1.57. The van der Waals surface area contributed by atoms with Crippen LogP contribution < -0.4 is 5.32 Å². The van der Waals surface area contributed by atoms with Crippen molar-refractivity contribution >= 4 is 34.2 Å². The van der Waals surface area contributed by atoms with Gasteiger partial charge in [0.15, 0.2) is 5.13 Å².